The van der Waals surface area contributed by atoms with E-state index in [1.165, 1.54) is 0 Å². The van der Waals surface area contributed by atoms with E-state index in [0.717, 1.165) is 30.6 Å². The van der Waals surface area contributed by atoms with Crippen LogP contribution in [0.2, 0.25) is 0 Å². The number of nitrogens with zero attached hydrogens (tertiary/aromatic N) is 4. The number of piperidine rings is 1. The molecule has 4 rings (SSSR count). The van der Waals surface area contributed by atoms with Crippen LogP contribution in [0.15, 0.2) is 47.4 Å². The normalized spacial score (nSPS) is 17.4. The summed E-state index contributed by atoms with van der Waals surface area (Å²) in [5.74, 6) is 0.523. The first kappa shape index (κ1) is 16.3. The predicted octanol–water partition coefficient (Wildman–Crippen LogP) is 1.58. The quantitative estimate of drug-likeness (QED) is 0.744. The number of para-hydroxylation sites is 1. The van der Waals surface area contributed by atoms with Gasteiger partial charge in [-0.25, -0.2) is 14.6 Å². The van der Waals surface area contributed by atoms with E-state index < -0.39 is 0 Å². The minimum Gasteiger partial charge on any atom is -0.332 e. The second kappa shape index (κ2) is 6.99. The van der Waals surface area contributed by atoms with E-state index in [0.29, 0.717) is 12.4 Å². The molecule has 1 unspecified atom stereocenters. The van der Waals surface area contributed by atoms with Crippen molar-refractivity contribution in [1.29, 1.82) is 0 Å². The molecule has 0 spiro atoms. The topological polar surface area (TPSA) is 99.7 Å². The molecule has 8 nitrogen and oxygen atoms in total. The first-order valence-electron chi connectivity index (χ1n) is 8.75. The zero-order valence-corrected chi connectivity index (χ0v) is 14.3. The lowest BCUT2D eigenvalue weighted by Gasteiger charge is -2.34. The second-order valence-electron chi connectivity index (χ2n) is 6.43. The van der Waals surface area contributed by atoms with E-state index in [9.17, 15) is 9.59 Å². The summed E-state index contributed by atoms with van der Waals surface area (Å²) in [6.07, 6.45) is 4.84. The highest BCUT2D eigenvalue weighted by Gasteiger charge is 2.30. The zero-order valence-electron chi connectivity index (χ0n) is 14.3. The van der Waals surface area contributed by atoms with Crippen LogP contribution in [0.3, 0.4) is 0 Å². The molecule has 3 aromatic rings. The van der Waals surface area contributed by atoms with Gasteiger partial charge in [-0.2, -0.15) is 10.2 Å². The molecule has 1 atom stereocenters. The zero-order chi connectivity index (χ0) is 17.9. The number of H-pyrrole nitrogens is 2. The maximum Gasteiger partial charge on any atom is 0.340 e. The van der Waals surface area contributed by atoms with Crippen LogP contribution in [-0.4, -0.2) is 42.3 Å². The van der Waals surface area contributed by atoms with Crippen molar-refractivity contribution in [3.05, 3.63) is 64.6 Å². The first-order valence-corrected chi connectivity index (χ1v) is 8.75. The molecule has 8 heteroatoms. The number of benzene rings is 1. The van der Waals surface area contributed by atoms with E-state index in [1.54, 1.807) is 9.58 Å². The third kappa shape index (κ3) is 3.30. The molecular weight excluding hydrogens is 332 g/mol. The molecule has 3 heterocycles. The number of nitrogens with one attached hydrogen (secondary N) is 2. The number of hydrogen-bond donors (Lipinski definition) is 2. The Bertz CT molecular complexity index is 942. The van der Waals surface area contributed by atoms with Gasteiger partial charge in [-0.15, -0.1) is 0 Å². The van der Waals surface area contributed by atoms with Gasteiger partial charge in [0.25, 0.3) is 0 Å². The van der Waals surface area contributed by atoms with Crippen molar-refractivity contribution in [2.75, 3.05) is 6.54 Å². The second-order valence-corrected chi connectivity index (χ2v) is 6.43. The lowest BCUT2D eigenvalue weighted by molar-refractivity contribution is -0.134. The Balaban J connectivity index is 1.50. The van der Waals surface area contributed by atoms with Crippen molar-refractivity contribution in [2.45, 2.75) is 31.7 Å². The van der Waals surface area contributed by atoms with Crippen molar-refractivity contribution in [2.24, 2.45) is 0 Å². The summed E-state index contributed by atoms with van der Waals surface area (Å²) in [4.78, 5) is 28.7. The summed E-state index contributed by atoms with van der Waals surface area (Å²) in [5, 5.41) is 10.9. The van der Waals surface area contributed by atoms with E-state index >= 15 is 0 Å². The average molecular weight is 352 g/mol. The average Bonchev–Trinajstić information content (AvgIpc) is 3.31. The molecule has 1 aliphatic rings. The van der Waals surface area contributed by atoms with Gasteiger partial charge in [-0.05, 0) is 37.5 Å². The molecule has 2 aromatic heterocycles. The van der Waals surface area contributed by atoms with Crippen LogP contribution in [0.1, 0.15) is 36.8 Å². The van der Waals surface area contributed by atoms with Crippen LogP contribution in [0.4, 0.5) is 0 Å². The number of hydrogen-bond acceptors (Lipinski definition) is 4. The molecule has 1 aromatic carbocycles. The Morgan fingerprint density at radius 2 is 2.04 bits per heavy atom. The van der Waals surface area contributed by atoms with E-state index in [4.69, 9.17) is 0 Å². The molecule has 134 valence electrons. The SMILES string of the molecule is O=C(Cc1ccn(-c2ccccc2)n1)N1CCCCC1c1n[nH]c(=O)[nH]1. The molecule has 1 fully saturated rings. The van der Waals surface area contributed by atoms with Gasteiger partial charge in [0.1, 0.15) is 0 Å². The first-order chi connectivity index (χ1) is 12.7. The largest absolute Gasteiger partial charge is 0.340 e. The number of rotatable bonds is 4. The number of carbonyl (C=O) groups is 1. The molecular formula is C18H20N6O2. The van der Waals surface area contributed by atoms with Crippen molar-refractivity contribution in [3.63, 3.8) is 0 Å². The van der Waals surface area contributed by atoms with Gasteiger partial charge in [0.15, 0.2) is 5.82 Å². The van der Waals surface area contributed by atoms with Gasteiger partial charge in [0, 0.05) is 12.7 Å². The fourth-order valence-electron chi connectivity index (χ4n) is 3.39. The minimum absolute atomic E-state index is 0.00291. The Morgan fingerprint density at radius 1 is 1.19 bits per heavy atom. The highest BCUT2D eigenvalue weighted by atomic mass is 16.2. The van der Waals surface area contributed by atoms with Crippen LogP contribution in [0.25, 0.3) is 5.69 Å². The maximum atomic E-state index is 12.9. The van der Waals surface area contributed by atoms with Gasteiger partial charge in [0.05, 0.1) is 23.8 Å². The smallest absolute Gasteiger partial charge is 0.332 e. The van der Waals surface area contributed by atoms with Crippen LogP contribution in [-0.2, 0) is 11.2 Å². The maximum absolute atomic E-state index is 12.9. The molecule has 1 aliphatic heterocycles. The summed E-state index contributed by atoms with van der Waals surface area (Å²) in [6, 6.07) is 11.5. The monoisotopic (exact) mass is 352 g/mol. The van der Waals surface area contributed by atoms with E-state index in [1.807, 2.05) is 42.6 Å². The summed E-state index contributed by atoms with van der Waals surface area (Å²) < 4.78 is 1.77. The molecule has 0 bridgehead atoms. The number of carbonyl (C=O) groups excluding carboxylic acids is 1. The third-order valence-electron chi connectivity index (χ3n) is 4.66. The summed E-state index contributed by atoms with van der Waals surface area (Å²) in [5.41, 5.74) is 1.33. The Kier molecular flexibility index (Phi) is 4.39. The van der Waals surface area contributed by atoms with Crippen LogP contribution in [0.5, 0.6) is 0 Å². The number of aromatic amines is 2. The molecule has 0 saturated carbocycles. The predicted molar refractivity (Wildman–Crippen MR) is 94.8 cm³/mol. The fraction of sp³-hybridized carbons (Fsp3) is 0.333. The molecule has 2 N–H and O–H groups in total. The summed E-state index contributed by atoms with van der Waals surface area (Å²) in [6.45, 7) is 0.664. The number of likely N-dealkylation sites (tertiary alicyclic amines) is 1. The lowest BCUT2D eigenvalue weighted by Crippen LogP contribution is -2.40. The molecule has 26 heavy (non-hydrogen) atoms. The highest BCUT2D eigenvalue weighted by Crippen LogP contribution is 2.28. The fourth-order valence-corrected chi connectivity index (χ4v) is 3.39. The van der Waals surface area contributed by atoms with E-state index in [2.05, 4.69) is 20.3 Å². The van der Waals surface area contributed by atoms with Crippen LogP contribution >= 0.6 is 0 Å². The summed E-state index contributed by atoms with van der Waals surface area (Å²) in [7, 11) is 0. The number of amides is 1. The number of aromatic nitrogens is 5. The molecule has 1 saturated heterocycles. The van der Waals surface area contributed by atoms with Gasteiger partial charge >= 0.3 is 5.69 Å². The molecule has 0 radical (unpaired) electrons. The van der Waals surface area contributed by atoms with Gasteiger partial charge in [-0.1, -0.05) is 18.2 Å². The Morgan fingerprint density at radius 3 is 2.81 bits per heavy atom. The van der Waals surface area contributed by atoms with Crippen LogP contribution < -0.4 is 5.69 Å². The highest BCUT2D eigenvalue weighted by molar-refractivity contribution is 5.78. The van der Waals surface area contributed by atoms with Crippen molar-refractivity contribution < 1.29 is 4.79 Å². The minimum atomic E-state index is -0.348. The van der Waals surface area contributed by atoms with Crippen LogP contribution in [0, 0.1) is 0 Å². The van der Waals surface area contributed by atoms with Crippen molar-refractivity contribution >= 4 is 5.91 Å². The lowest BCUT2D eigenvalue weighted by atomic mass is 10.0. The standard InChI is InChI=1S/C18H20N6O2/c25-16(12-13-9-11-24(22-13)14-6-2-1-3-7-14)23-10-5-4-8-15(23)17-19-18(26)21-20-17/h1-3,6-7,9,11,15H,4-5,8,10,12H2,(H2,19,20,21,26). The van der Waals surface area contributed by atoms with Crippen molar-refractivity contribution in [1.82, 2.24) is 29.9 Å². The Labute approximate surface area is 149 Å². The van der Waals surface area contributed by atoms with Crippen molar-refractivity contribution in [3.8, 4) is 5.69 Å². The molecule has 0 aliphatic carbocycles. The third-order valence-corrected chi connectivity index (χ3v) is 4.66. The summed E-state index contributed by atoms with van der Waals surface area (Å²) >= 11 is 0. The van der Waals surface area contributed by atoms with Gasteiger partial charge < -0.3 is 4.90 Å². The van der Waals surface area contributed by atoms with Gasteiger partial charge in [-0.3, -0.25) is 9.78 Å². The van der Waals surface area contributed by atoms with Gasteiger partial charge in [0.2, 0.25) is 5.91 Å². The Hall–Kier alpha value is -3.16. The molecule has 1 amide bonds. The van der Waals surface area contributed by atoms with E-state index in [-0.39, 0.29) is 24.1 Å².